The van der Waals surface area contributed by atoms with Gasteiger partial charge in [-0.3, -0.25) is 9.88 Å². The summed E-state index contributed by atoms with van der Waals surface area (Å²) >= 11 is 2.09. The number of thioether (sulfide) groups is 1. The molecule has 19 heavy (non-hydrogen) atoms. The Morgan fingerprint density at radius 3 is 2.89 bits per heavy atom. The van der Waals surface area contributed by atoms with Crippen LogP contribution in [0.4, 0.5) is 0 Å². The molecule has 0 aliphatic carbocycles. The monoisotopic (exact) mass is 279 g/mol. The fourth-order valence-corrected chi connectivity index (χ4v) is 3.44. The van der Waals surface area contributed by atoms with Crippen molar-refractivity contribution in [1.82, 2.24) is 15.2 Å². The Hall–Kier alpha value is -0.580. The van der Waals surface area contributed by atoms with E-state index in [4.69, 9.17) is 0 Å². The molecule has 1 fully saturated rings. The zero-order chi connectivity index (χ0) is 13.7. The first-order chi connectivity index (χ1) is 9.09. The number of hydrogen-bond acceptors (Lipinski definition) is 4. The average Bonchev–Trinajstić information content (AvgIpc) is 2.54. The predicted octanol–water partition coefficient (Wildman–Crippen LogP) is 2.52. The Labute approximate surface area is 121 Å². The van der Waals surface area contributed by atoms with Crippen molar-refractivity contribution in [3.05, 3.63) is 29.6 Å². The number of nitrogens with one attached hydrogen (secondary N) is 1. The van der Waals surface area contributed by atoms with Gasteiger partial charge in [0.05, 0.1) is 5.69 Å². The summed E-state index contributed by atoms with van der Waals surface area (Å²) in [5.74, 6) is 1.23. The normalized spacial score (nSPS) is 20.2. The van der Waals surface area contributed by atoms with Crippen LogP contribution in [-0.4, -0.2) is 40.5 Å². The summed E-state index contributed by atoms with van der Waals surface area (Å²) < 4.78 is 0.429. The van der Waals surface area contributed by atoms with Crippen molar-refractivity contribution < 1.29 is 0 Å². The van der Waals surface area contributed by atoms with Crippen LogP contribution in [0.3, 0.4) is 0 Å². The minimum atomic E-state index is 0.429. The van der Waals surface area contributed by atoms with Crippen LogP contribution in [0.25, 0.3) is 0 Å². The highest BCUT2D eigenvalue weighted by Crippen LogP contribution is 2.30. The number of pyridine rings is 1. The van der Waals surface area contributed by atoms with Crippen molar-refractivity contribution in [1.29, 1.82) is 0 Å². The molecule has 1 N–H and O–H groups in total. The van der Waals surface area contributed by atoms with Crippen molar-refractivity contribution in [3.8, 4) is 0 Å². The van der Waals surface area contributed by atoms with Gasteiger partial charge < -0.3 is 5.32 Å². The summed E-state index contributed by atoms with van der Waals surface area (Å²) in [4.78, 5) is 7.10. The first kappa shape index (κ1) is 14.8. The molecule has 106 valence electrons. The summed E-state index contributed by atoms with van der Waals surface area (Å²) in [6, 6.07) is 4.34. The smallest absolute Gasteiger partial charge is 0.0544 e. The van der Waals surface area contributed by atoms with Gasteiger partial charge in [-0.1, -0.05) is 19.9 Å². The molecule has 0 saturated carbocycles. The van der Waals surface area contributed by atoms with Gasteiger partial charge in [0.15, 0.2) is 0 Å². The average molecular weight is 279 g/mol. The second-order valence-electron chi connectivity index (χ2n) is 5.82. The SMILES string of the molecule is CNCc1ccc(CN2CCSC(C)(C)CC2)nc1. The highest BCUT2D eigenvalue weighted by Gasteiger charge is 2.23. The molecule has 2 rings (SSSR count). The van der Waals surface area contributed by atoms with E-state index in [1.807, 2.05) is 13.2 Å². The molecular formula is C15H25N3S. The summed E-state index contributed by atoms with van der Waals surface area (Å²) in [6.45, 7) is 8.93. The zero-order valence-corrected chi connectivity index (χ0v) is 13.1. The van der Waals surface area contributed by atoms with E-state index in [1.165, 1.54) is 36.5 Å². The number of rotatable bonds is 4. The van der Waals surface area contributed by atoms with Gasteiger partial charge in [0.2, 0.25) is 0 Å². The molecule has 1 aromatic rings. The maximum Gasteiger partial charge on any atom is 0.0544 e. The van der Waals surface area contributed by atoms with Crippen molar-refractivity contribution >= 4 is 11.8 Å². The Morgan fingerprint density at radius 2 is 2.21 bits per heavy atom. The van der Waals surface area contributed by atoms with Gasteiger partial charge >= 0.3 is 0 Å². The van der Waals surface area contributed by atoms with Crippen LogP contribution in [0.2, 0.25) is 0 Å². The summed E-state index contributed by atoms with van der Waals surface area (Å²) in [5, 5.41) is 3.15. The minimum absolute atomic E-state index is 0.429. The second-order valence-corrected chi connectivity index (χ2v) is 7.62. The third-order valence-corrected chi connectivity index (χ3v) is 4.96. The fraction of sp³-hybridized carbons (Fsp3) is 0.667. The van der Waals surface area contributed by atoms with Crippen LogP contribution < -0.4 is 5.32 Å². The van der Waals surface area contributed by atoms with Crippen LogP contribution >= 0.6 is 11.8 Å². The van der Waals surface area contributed by atoms with E-state index in [1.54, 1.807) is 0 Å². The van der Waals surface area contributed by atoms with Crippen LogP contribution in [0.5, 0.6) is 0 Å². The van der Waals surface area contributed by atoms with Gasteiger partial charge in [-0.05, 0) is 31.6 Å². The first-order valence-electron chi connectivity index (χ1n) is 7.04. The molecule has 2 heterocycles. The van der Waals surface area contributed by atoms with Crippen molar-refractivity contribution in [3.63, 3.8) is 0 Å². The van der Waals surface area contributed by atoms with Gasteiger partial charge in [0.1, 0.15) is 0 Å². The molecule has 4 heteroatoms. The molecule has 1 aliphatic heterocycles. The lowest BCUT2D eigenvalue weighted by atomic mass is 10.1. The van der Waals surface area contributed by atoms with E-state index in [9.17, 15) is 0 Å². The Bertz CT molecular complexity index is 389. The topological polar surface area (TPSA) is 28.2 Å². The van der Waals surface area contributed by atoms with Crippen molar-refractivity contribution in [2.45, 2.75) is 38.1 Å². The Kier molecular flexibility index (Phi) is 5.25. The van der Waals surface area contributed by atoms with Crippen LogP contribution in [0.15, 0.2) is 18.3 Å². The standard InChI is InChI=1S/C15H25N3S/c1-15(2)6-7-18(8-9-19-15)12-14-5-4-13(10-16-3)11-17-14/h4-5,11,16H,6-10,12H2,1-3H3. The third-order valence-electron chi connectivity index (χ3n) is 3.58. The van der Waals surface area contributed by atoms with Gasteiger partial charge in [-0.2, -0.15) is 11.8 Å². The molecule has 0 bridgehead atoms. The molecule has 0 unspecified atom stereocenters. The van der Waals surface area contributed by atoms with E-state index in [0.29, 0.717) is 4.75 Å². The molecule has 0 aromatic carbocycles. The van der Waals surface area contributed by atoms with Gasteiger partial charge in [0, 0.05) is 36.3 Å². The Balaban J connectivity index is 1.90. The highest BCUT2D eigenvalue weighted by atomic mass is 32.2. The minimum Gasteiger partial charge on any atom is -0.316 e. The van der Waals surface area contributed by atoms with E-state index >= 15 is 0 Å². The molecule has 1 aromatic heterocycles. The third kappa shape index (κ3) is 4.79. The maximum absolute atomic E-state index is 4.57. The molecule has 3 nitrogen and oxygen atoms in total. The van der Waals surface area contributed by atoms with E-state index < -0.39 is 0 Å². The number of aromatic nitrogens is 1. The molecular weight excluding hydrogens is 254 g/mol. The van der Waals surface area contributed by atoms with Crippen LogP contribution in [-0.2, 0) is 13.1 Å². The second kappa shape index (κ2) is 6.73. The molecule has 0 atom stereocenters. The van der Waals surface area contributed by atoms with Gasteiger partial charge in [-0.25, -0.2) is 0 Å². The summed E-state index contributed by atoms with van der Waals surface area (Å²) in [5.41, 5.74) is 2.43. The summed E-state index contributed by atoms with van der Waals surface area (Å²) in [6.07, 6.45) is 3.25. The number of hydrogen-bond donors (Lipinski definition) is 1. The lowest BCUT2D eigenvalue weighted by molar-refractivity contribution is 0.273. The lowest BCUT2D eigenvalue weighted by Crippen LogP contribution is -2.27. The molecule has 1 saturated heterocycles. The highest BCUT2D eigenvalue weighted by molar-refractivity contribution is 8.00. The predicted molar refractivity (Wildman–Crippen MR) is 83.4 cm³/mol. The van der Waals surface area contributed by atoms with E-state index in [0.717, 1.165) is 13.1 Å². The Morgan fingerprint density at radius 1 is 1.37 bits per heavy atom. The molecule has 0 amide bonds. The molecule has 0 spiro atoms. The van der Waals surface area contributed by atoms with Crippen LogP contribution in [0, 0.1) is 0 Å². The van der Waals surface area contributed by atoms with E-state index in [-0.39, 0.29) is 0 Å². The quantitative estimate of drug-likeness (QED) is 0.917. The fourth-order valence-electron chi connectivity index (χ4n) is 2.31. The lowest BCUT2D eigenvalue weighted by Gasteiger charge is -2.22. The van der Waals surface area contributed by atoms with Crippen LogP contribution in [0.1, 0.15) is 31.5 Å². The number of nitrogens with zero attached hydrogens (tertiary/aromatic N) is 2. The summed E-state index contributed by atoms with van der Waals surface area (Å²) in [7, 11) is 1.96. The molecule has 0 radical (unpaired) electrons. The zero-order valence-electron chi connectivity index (χ0n) is 12.3. The van der Waals surface area contributed by atoms with E-state index in [2.05, 4.69) is 52.9 Å². The largest absolute Gasteiger partial charge is 0.316 e. The van der Waals surface area contributed by atoms with Crippen molar-refractivity contribution in [2.24, 2.45) is 0 Å². The maximum atomic E-state index is 4.57. The van der Waals surface area contributed by atoms with Gasteiger partial charge in [0.25, 0.3) is 0 Å². The van der Waals surface area contributed by atoms with Crippen molar-refractivity contribution in [2.75, 3.05) is 25.9 Å². The first-order valence-corrected chi connectivity index (χ1v) is 8.02. The van der Waals surface area contributed by atoms with Gasteiger partial charge in [-0.15, -0.1) is 0 Å². The molecule has 1 aliphatic rings.